The normalized spacial score (nSPS) is 19.5. The highest BCUT2D eigenvalue weighted by atomic mass is 16.2. The molecule has 0 bridgehead atoms. The van der Waals surface area contributed by atoms with Gasteiger partial charge in [-0.2, -0.15) is 0 Å². The van der Waals surface area contributed by atoms with Crippen LogP contribution in [0.3, 0.4) is 0 Å². The van der Waals surface area contributed by atoms with Crippen LogP contribution >= 0.6 is 0 Å². The van der Waals surface area contributed by atoms with E-state index in [1.165, 1.54) is 4.90 Å². The number of nitrogens with zero attached hydrogens (tertiary/aromatic N) is 1. The second kappa shape index (κ2) is 6.48. The monoisotopic (exact) mass is 227 g/mol. The number of hydrogen-bond donors (Lipinski definition) is 2. The number of hydrogen-bond acceptors (Lipinski definition) is 3. The molecule has 1 rings (SSSR count). The van der Waals surface area contributed by atoms with Gasteiger partial charge in [0.15, 0.2) is 0 Å². The predicted molar refractivity (Wildman–Crippen MR) is 62.0 cm³/mol. The topological polar surface area (TPSA) is 61.4 Å². The van der Waals surface area contributed by atoms with Gasteiger partial charge in [-0.3, -0.25) is 9.59 Å². The van der Waals surface area contributed by atoms with Gasteiger partial charge in [-0.1, -0.05) is 6.92 Å². The average molecular weight is 227 g/mol. The average Bonchev–Trinajstić information content (AvgIpc) is 2.78. The molecule has 0 aromatic carbocycles. The third-order valence-corrected chi connectivity index (χ3v) is 2.69. The summed E-state index contributed by atoms with van der Waals surface area (Å²) in [5.74, 6) is -0.0696. The smallest absolute Gasteiger partial charge is 0.239 e. The molecule has 1 saturated heterocycles. The predicted octanol–water partition coefficient (Wildman–Crippen LogP) is -0.277. The molecule has 0 radical (unpaired) electrons. The molecule has 1 aliphatic rings. The van der Waals surface area contributed by atoms with Gasteiger partial charge in [0, 0.05) is 13.6 Å². The summed E-state index contributed by atoms with van der Waals surface area (Å²) < 4.78 is 0. The van der Waals surface area contributed by atoms with Crippen LogP contribution in [0.5, 0.6) is 0 Å². The highest BCUT2D eigenvalue weighted by Crippen LogP contribution is 2.07. The molecule has 1 heterocycles. The second-order valence-corrected chi connectivity index (χ2v) is 4.19. The van der Waals surface area contributed by atoms with Crippen molar-refractivity contribution >= 4 is 11.8 Å². The highest BCUT2D eigenvalue weighted by Gasteiger charge is 2.25. The van der Waals surface area contributed by atoms with Crippen molar-refractivity contribution in [2.45, 2.75) is 32.2 Å². The zero-order valence-electron chi connectivity index (χ0n) is 10.1. The molecule has 1 aliphatic heterocycles. The minimum absolute atomic E-state index is 0.0177. The van der Waals surface area contributed by atoms with E-state index in [9.17, 15) is 9.59 Å². The van der Waals surface area contributed by atoms with Crippen LogP contribution in [0, 0.1) is 0 Å². The molecule has 1 atom stereocenters. The van der Waals surface area contributed by atoms with Crippen molar-refractivity contribution in [1.29, 1.82) is 0 Å². The van der Waals surface area contributed by atoms with Gasteiger partial charge >= 0.3 is 0 Å². The summed E-state index contributed by atoms with van der Waals surface area (Å²) in [6.45, 7) is 3.71. The Hall–Kier alpha value is -1.10. The van der Waals surface area contributed by atoms with Crippen LogP contribution in [0.15, 0.2) is 0 Å². The zero-order valence-corrected chi connectivity index (χ0v) is 10.1. The van der Waals surface area contributed by atoms with Crippen molar-refractivity contribution in [3.8, 4) is 0 Å². The molecule has 5 heteroatoms. The molecule has 0 unspecified atom stereocenters. The maximum Gasteiger partial charge on any atom is 0.239 e. The first-order valence-electron chi connectivity index (χ1n) is 5.90. The number of nitrogens with one attached hydrogen (secondary N) is 2. The Bertz CT molecular complexity index is 250. The van der Waals surface area contributed by atoms with E-state index in [2.05, 4.69) is 10.6 Å². The second-order valence-electron chi connectivity index (χ2n) is 4.19. The largest absolute Gasteiger partial charge is 0.355 e. The Balaban J connectivity index is 2.30. The summed E-state index contributed by atoms with van der Waals surface area (Å²) in [5.41, 5.74) is 0. The maximum absolute atomic E-state index is 11.8. The quantitative estimate of drug-likeness (QED) is 0.679. The summed E-state index contributed by atoms with van der Waals surface area (Å²) in [7, 11) is 1.67. The van der Waals surface area contributed by atoms with Crippen LogP contribution in [-0.4, -0.2) is 49.4 Å². The van der Waals surface area contributed by atoms with E-state index >= 15 is 0 Å². The Morgan fingerprint density at radius 1 is 1.50 bits per heavy atom. The Labute approximate surface area is 96.6 Å². The van der Waals surface area contributed by atoms with E-state index < -0.39 is 0 Å². The van der Waals surface area contributed by atoms with Gasteiger partial charge in [-0.25, -0.2) is 0 Å². The van der Waals surface area contributed by atoms with Gasteiger partial charge in [0.1, 0.15) is 0 Å². The molecule has 0 aliphatic carbocycles. The van der Waals surface area contributed by atoms with E-state index in [4.69, 9.17) is 0 Å². The summed E-state index contributed by atoms with van der Waals surface area (Å²) in [5, 5.41) is 5.89. The Kier molecular flexibility index (Phi) is 5.25. The van der Waals surface area contributed by atoms with Gasteiger partial charge in [0.25, 0.3) is 0 Å². The van der Waals surface area contributed by atoms with Crippen LogP contribution in [0.1, 0.15) is 26.2 Å². The van der Waals surface area contributed by atoms with Crippen molar-refractivity contribution in [2.75, 3.05) is 26.7 Å². The third kappa shape index (κ3) is 3.81. The van der Waals surface area contributed by atoms with Gasteiger partial charge in [0.05, 0.1) is 12.6 Å². The third-order valence-electron chi connectivity index (χ3n) is 2.69. The molecule has 0 saturated carbocycles. The highest BCUT2D eigenvalue weighted by molar-refractivity contribution is 5.87. The molecule has 0 aromatic rings. The lowest BCUT2D eigenvalue weighted by molar-refractivity contribution is -0.136. The Morgan fingerprint density at radius 3 is 2.81 bits per heavy atom. The van der Waals surface area contributed by atoms with Crippen LogP contribution in [0.25, 0.3) is 0 Å². The fourth-order valence-corrected chi connectivity index (χ4v) is 1.78. The number of rotatable bonds is 5. The van der Waals surface area contributed by atoms with Crippen molar-refractivity contribution in [3.63, 3.8) is 0 Å². The first kappa shape index (κ1) is 13.0. The fourth-order valence-electron chi connectivity index (χ4n) is 1.78. The molecule has 5 nitrogen and oxygen atoms in total. The lowest BCUT2D eigenvalue weighted by atomic mass is 10.2. The first-order chi connectivity index (χ1) is 7.65. The van der Waals surface area contributed by atoms with E-state index in [-0.39, 0.29) is 24.4 Å². The number of amides is 2. The van der Waals surface area contributed by atoms with E-state index in [1.54, 1.807) is 7.05 Å². The molecular weight excluding hydrogens is 206 g/mol. The standard InChI is InChI=1S/C11H21N3O2/c1-3-6-13-10(15)8-14(2)11(16)9-5-4-7-12-9/h9,12H,3-8H2,1-2H3,(H,13,15)/t9-/m1/s1. The number of likely N-dealkylation sites (N-methyl/N-ethyl adjacent to an activating group) is 1. The van der Waals surface area contributed by atoms with E-state index in [0.29, 0.717) is 6.54 Å². The number of carbonyl (C=O) groups excluding carboxylic acids is 2. The van der Waals surface area contributed by atoms with Gasteiger partial charge in [-0.15, -0.1) is 0 Å². The summed E-state index contributed by atoms with van der Waals surface area (Å²) in [6.07, 6.45) is 2.82. The van der Waals surface area contributed by atoms with E-state index in [0.717, 1.165) is 25.8 Å². The van der Waals surface area contributed by atoms with Crippen molar-refractivity contribution < 1.29 is 9.59 Å². The van der Waals surface area contributed by atoms with Crippen LogP contribution in [0.4, 0.5) is 0 Å². The van der Waals surface area contributed by atoms with Gasteiger partial charge in [-0.05, 0) is 25.8 Å². The molecule has 0 spiro atoms. The minimum Gasteiger partial charge on any atom is -0.355 e. The zero-order chi connectivity index (χ0) is 12.0. The number of carbonyl (C=O) groups is 2. The van der Waals surface area contributed by atoms with Crippen LogP contribution in [-0.2, 0) is 9.59 Å². The molecule has 2 amide bonds. The van der Waals surface area contributed by atoms with Gasteiger partial charge in [0.2, 0.25) is 11.8 Å². The van der Waals surface area contributed by atoms with E-state index in [1.807, 2.05) is 6.92 Å². The Morgan fingerprint density at radius 2 is 2.25 bits per heavy atom. The molecule has 16 heavy (non-hydrogen) atoms. The van der Waals surface area contributed by atoms with Crippen molar-refractivity contribution in [1.82, 2.24) is 15.5 Å². The molecule has 1 fully saturated rings. The molecule has 92 valence electrons. The summed E-state index contributed by atoms with van der Waals surface area (Å²) in [6, 6.07) is -0.0935. The minimum atomic E-state index is -0.0935. The van der Waals surface area contributed by atoms with Crippen molar-refractivity contribution in [3.05, 3.63) is 0 Å². The molecule has 2 N–H and O–H groups in total. The first-order valence-corrected chi connectivity index (χ1v) is 5.90. The maximum atomic E-state index is 11.8. The van der Waals surface area contributed by atoms with Crippen LogP contribution < -0.4 is 10.6 Å². The lowest BCUT2D eigenvalue weighted by Gasteiger charge is -2.20. The summed E-state index contributed by atoms with van der Waals surface area (Å²) >= 11 is 0. The SMILES string of the molecule is CCCNC(=O)CN(C)C(=O)[C@H]1CCCN1. The molecular formula is C11H21N3O2. The van der Waals surface area contributed by atoms with Crippen molar-refractivity contribution in [2.24, 2.45) is 0 Å². The fraction of sp³-hybridized carbons (Fsp3) is 0.818. The lowest BCUT2D eigenvalue weighted by Crippen LogP contribution is -2.45. The van der Waals surface area contributed by atoms with Crippen LogP contribution in [0.2, 0.25) is 0 Å². The molecule has 0 aromatic heterocycles. The summed E-state index contributed by atoms with van der Waals surface area (Å²) in [4.78, 5) is 24.7. The van der Waals surface area contributed by atoms with Gasteiger partial charge < -0.3 is 15.5 Å².